The third-order valence-electron chi connectivity index (χ3n) is 2.14. The van der Waals surface area contributed by atoms with Gasteiger partial charge in [0.2, 0.25) is 5.16 Å². The van der Waals surface area contributed by atoms with Crippen molar-refractivity contribution < 1.29 is 4.39 Å². The van der Waals surface area contributed by atoms with Gasteiger partial charge in [-0.25, -0.2) is 9.07 Å². The first-order valence-corrected chi connectivity index (χ1v) is 5.73. The molecule has 0 fully saturated rings. The maximum absolute atomic E-state index is 13.7. The van der Waals surface area contributed by atoms with Crippen molar-refractivity contribution in [2.45, 2.75) is 10.9 Å². The first kappa shape index (κ1) is 11.5. The second-order valence-electron chi connectivity index (χ2n) is 3.26. The van der Waals surface area contributed by atoms with Gasteiger partial charge in [-0.1, -0.05) is 23.9 Å². The Balaban J connectivity index is 2.15. The van der Waals surface area contributed by atoms with Crippen molar-refractivity contribution in [1.82, 2.24) is 20.2 Å². The standard InChI is InChI=1S/C10H8FN5S/c1-16-10(13-14-15-16)17-6-8-4-2-3-7(5-12)9(8)11/h2-4H,6H2,1H3. The lowest BCUT2D eigenvalue weighted by Gasteiger charge is -2.02. The number of aryl methyl sites for hydroxylation is 1. The van der Waals surface area contributed by atoms with Gasteiger partial charge in [0.25, 0.3) is 0 Å². The second-order valence-corrected chi connectivity index (χ2v) is 4.21. The number of hydrogen-bond donors (Lipinski definition) is 0. The summed E-state index contributed by atoms with van der Waals surface area (Å²) in [4.78, 5) is 0. The highest BCUT2D eigenvalue weighted by Crippen LogP contribution is 2.22. The quantitative estimate of drug-likeness (QED) is 0.771. The van der Waals surface area contributed by atoms with Crippen molar-refractivity contribution in [3.8, 4) is 6.07 Å². The van der Waals surface area contributed by atoms with Crippen molar-refractivity contribution >= 4 is 11.8 Å². The average molecular weight is 249 g/mol. The molecule has 1 heterocycles. The van der Waals surface area contributed by atoms with Crippen LogP contribution in [0.5, 0.6) is 0 Å². The Kier molecular flexibility index (Phi) is 3.35. The van der Waals surface area contributed by atoms with Crippen LogP contribution in [0.4, 0.5) is 4.39 Å². The lowest BCUT2D eigenvalue weighted by molar-refractivity contribution is 0.613. The first-order chi connectivity index (χ1) is 8.22. The molecule has 0 radical (unpaired) electrons. The maximum atomic E-state index is 13.7. The fraction of sp³-hybridized carbons (Fsp3) is 0.200. The highest BCUT2D eigenvalue weighted by atomic mass is 32.2. The number of aromatic nitrogens is 4. The molecule has 0 unspecified atom stereocenters. The Morgan fingerprint density at radius 2 is 2.35 bits per heavy atom. The van der Waals surface area contributed by atoms with Crippen molar-refractivity contribution in [1.29, 1.82) is 5.26 Å². The topological polar surface area (TPSA) is 67.4 Å². The zero-order valence-corrected chi connectivity index (χ0v) is 9.78. The van der Waals surface area contributed by atoms with Gasteiger partial charge >= 0.3 is 0 Å². The number of benzene rings is 1. The zero-order chi connectivity index (χ0) is 12.3. The zero-order valence-electron chi connectivity index (χ0n) is 8.96. The molecule has 0 aliphatic rings. The molecule has 1 aromatic carbocycles. The van der Waals surface area contributed by atoms with Gasteiger partial charge in [-0.05, 0) is 22.1 Å². The summed E-state index contributed by atoms with van der Waals surface area (Å²) < 4.78 is 15.2. The average Bonchev–Trinajstić information content (AvgIpc) is 2.74. The molecule has 0 saturated heterocycles. The van der Waals surface area contributed by atoms with Gasteiger partial charge in [0, 0.05) is 12.8 Å². The molecule has 17 heavy (non-hydrogen) atoms. The summed E-state index contributed by atoms with van der Waals surface area (Å²) in [5.41, 5.74) is 0.524. The summed E-state index contributed by atoms with van der Waals surface area (Å²) in [6.45, 7) is 0. The van der Waals surface area contributed by atoms with Gasteiger partial charge in [-0.15, -0.1) is 5.10 Å². The molecule has 0 aliphatic heterocycles. The van der Waals surface area contributed by atoms with Crippen molar-refractivity contribution in [2.24, 2.45) is 7.05 Å². The van der Waals surface area contributed by atoms with Gasteiger partial charge in [-0.3, -0.25) is 0 Å². The Bertz CT molecular complexity index is 574. The minimum atomic E-state index is -0.474. The minimum absolute atomic E-state index is 0.0548. The molecule has 2 aromatic rings. The molecular formula is C10H8FN5S. The molecular weight excluding hydrogens is 241 g/mol. The van der Waals surface area contributed by atoms with E-state index in [9.17, 15) is 4.39 Å². The number of hydrogen-bond acceptors (Lipinski definition) is 5. The van der Waals surface area contributed by atoms with Crippen LogP contribution in [0, 0.1) is 17.1 Å². The van der Waals surface area contributed by atoms with Gasteiger partial charge in [0.05, 0.1) is 5.56 Å². The van der Waals surface area contributed by atoms with Crippen LogP contribution in [0.3, 0.4) is 0 Å². The number of halogens is 1. The molecule has 5 nitrogen and oxygen atoms in total. The van der Waals surface area contributed by atoms with E-state index in [2.05, 4.69) is 15.5 Å². The van der Waals surface area contributed by atoms with Gasteiger partial charge in [0.1, 0.15) is 11.9 Å². The normalized spacial score (nSPS) is 10.2. The third-order valence-corrected chi connectivity index (χ3v) is 3.20. The van der Waals surface area contributed by atoms with Crippen molar-refractivity contribution in [3.05, 3.63) is 35.1 Å². The number of tetrazole rings is 1. The fourth-order valence-electron chi connectivity index (χ4n) is 1.26. The molecule has 0 N–H and O–H groups in total. The smallest absolute Gasteiger partial charge is 0.209 e. The SMILES string of the molecule is Cn1nnnc1SCc1cccc(C#N)c1F. The summed E-state index contributed by atoms with van der Waals surface area (Å²) in [7, 11) is 1.71. The van der Waals surface area contributed by atoms with Crippen LogP contribution < -0.4 is 0 Å². The van der Waals surface area contributed by atoms with E-state index in [1.807, 2.05) is 6.07 Å². The molecule has 1 aromatic heterocycles. The van der Waals surface area contributed by atoms with Crippen LogP contribution >= 0.6 is 11.8 Å². The molecule has 0 aliphatic carbocycles. The molecule has 0 saturated carbocycles. The summed E-state index contributed by atoms with van der Waals surface area (Å²) >= 11 is 1.32. The highest BCUT2D eigenvalue weighted by molar-refractivity contribution is 7.98. The van der Waals surface area contributed by atoms with E-state index in [1.54, 1.807) is 19.2 Å². The van der Waals surface area contributed by atoms with Crippen molar-refractivity contribution in [3.63, 3.8) is 0 Å². The molecule has 0 amide bonds. The highest BCUT2D eigenvalue weighted by Gasteiger charge is 2.09. The predicted molar refractivity (Wildman–Crippen MR) is 59.5 cm³/mol. The Labute approximate surface area is 101 Å². The number of nitriles is 1. The van der Waals surface area contributed by atoms with Gasteiger partial charge < -0.3 is 0 Å². The summed E-state index contributed by atoms with van der Waals surface area (Å²) in [6, 6.07) is 6.57. The molecule has 2 rings (SSSR count). The molecule has 86 valence electrons. The summed E-state index contributed by atoms with van der Waals surface area (Å²) in [5.74, 6) is -0.0899. The van der Waals surface area contributed by atoms with E-state index in [4.69, 9.17) is 5.26 Å². The van der Waals surface area contributed by atoms with Crippen LogP contribution in [0.2, 0.25) is 0 Å². The summed E-state index contributed by atoms with van der Waals surface area (Å²) in [5, 5.41) is 20.2. The third kappa shape index (κ3) is 2.42. The van der Waals surface area contributed by atoms with Crippen LogP contribution in [0.1, 0.15) is 11.1 Å². The predicted octanol–water partition coefficient (Wildman–Crippen LogP) is 1.51. The van der Waals surface area contributed by atoms with E-state index < -0.39 is 5.82 Å². The second kappa shape index (κ2) is 4.93. The lowest BCUT2D eigenvalue weighted by Crippen LogP contribution is -1.95. The molecule has 0 bridgehead atoms. The van der Waals surface area contributed by atoms with E-state index in [-0.39, 0.29) is 5.56 Å². The monoisotopic (exact) mass is 249 g/mol. The van der Waals surface area contributed by atoms with E-state index in [1.165, 1.54) is 22.5 Å². The van der Waals surface area contributed by atoms with Gasteiger partial charge in [-0.2, -0.15) is 5.26 Å². The lowest BCUT2D eigenvalue weighted by atomic mass is 10.1. The van der Waals surface area contributed by atoms with Crippen LogP contribution in [-0.2, 0) is 12.8 Å². The van der Waals surface area contributed by atoms with E-state index >= 15 is 0 Å². The molecule has 7 heteroatoms. The molecule has 0 spiro atoms. The Morgan fingerprint density at radius 1 is 1.53 bits per heavy atom. The van der Waals surface area contributed by atoms with Crippen LogP contribution in [0.25, 0.3) is 0 Å². The number of thioether (sulfide) groups is 1. The van der Waals surface area contributed by atoms with Crippen LogP contribution in [-0.4, -0.2) is 20.2 Å². The minimum Gasteiger partial charge on any atom is -0.224 e. The van der Waals surface area contributed by atoms with Gasteiger partial charge in [0.15, 0.2) is 0 Å². The Morgan fingerprint density at radius 3 is 3.00 bits per heavy atom. The Hall–Kier alpha value is -1.94. The van der Waals surface area contributed by atoms with Crippen LogP contribution in [0.15, 0.2) is 23.4 Å². The molecule has 0 atom stereocenters. The van der Waals surface area contributed by atoms with E-state index in [0.717, 1.165) is 0 Å². The number of rotatable bonds is 3. The van der Waals surface area contributed by atoms with Crippen molar-refractivity contribution in [2.75, 3.05) is 0 Å². The first-order valence-electron chi connectivity index (χ1n) is 4.75. The fourth-order valence-corrected chi connectivity index (χ4v) is 2.09. The number of nitrogens with zero attached hydrogens (tertiary/aromatic N) is 5. The largest absolute Gasteiger partial charge is 0.224 e. The maximum Gasteiger partial charge on any atom is 0.209 e. The van der Waals surface area contributed by atoms with E-state index in [0.29, 0.717) is 16.5 Å². The summed E-state index contributed by atoms with van der Waals surface area (Å²) in [6.07, 6.45) is 0.